The van der Waals surface area contributed by atoms with E-state index in [9.17, 15) is 0 Å². The van der Waals surface area contributed by atoms with Crippen LogP contribution in [-0.2, 0) is 0 Å². The monoisotopic (exact) mass is 300 g/mol. The van der Waals surface area contributed by atoms with Crippen molar-refractivity contribution in [3.63, 3.8) is 0 Å². The van der Waals surface area contributed by atoms with Gasteiger partial charge < -0.3 is 0 Å². The average molecular weight is 300 g/mol. The molecular formula is C23H24. The summed E-state index contributed by atoms with van der Waals surface area (Å²) in [7, 11) is 0. The lowest BCUT2D eigenvalue weighted by Gasteiger charge is -2.32. The van der Waals surface area contributed by atoms with Crippen molar-refractivity contribution in [3.8, 4) is 0 Å². The van der Waals surface area contributed by atoms with Gasteiger partial charge >= 0.3 is 0 Å². The van der Waals surface area contributed by atoms with Crippen LogP contribution in [0.5, 0.6) is 0 Å². The van der Waals surface area contributed by atoms with E-state index in [0.29, 0.717) is 11.8 Å². The van der Waals surface area contributed by atoms with Crippen molar-refractivity contribution >= 4 is 5.57 Å². The maximum Gasteiger partial charge on any atom is 0.0104 e. The highest BCUT2D eigenvalue weighted by Gasteiger charge is 2.28. The Bertz CT molecular complexity index is 728. The molecule has 0 heterocycles. The van der Waals surface area contributed by atoms with Crippen LogP contribution in [0, 0.1) is 5.92 Å². The Hall–Kier alpha value is -2.34. The van der Waals surface area contributed by atoms with E-state index in [-0.39, 0.29) is 0 Å². The van der Waals surface area contributed by atoms with Crippen molar-refractivity contribution in [2.45, 2.75) is 26.2 Å². The van der Waals surface area contributed by atoms with Gasteiger partial charge in [-0.3, -0.25) is 0 Å². The molecule has 2 atom stereocenters. The van der Waals surface area contributed by atoms with Crippen LogP contribution >= 0.6 is 0 Å². The fraction of sp³-hybridized carbons (Fsp3) is 0.217. The van der Waals surface area contributed by atoms with Crippen LogP contribution in [0.15, 0.2) is 90.5 Å². The molecule has 0 heteroatoms. The largest absolute Gasteiger partial charge is 0.102 e. The Labute approximate surface area is 139 Å². The van der Waals surface area contributed by atoms with E-state index in [2.05, 4.69) is 93.2 Å². The second kappa shape index (κ2) is 6.83. The van der Waals surface area contributed by atoms with Crippen LogP contribution in [-0.4, -0.2) is 0 Å². The first-order chi connectivity index (χ1) is 11.2. The van der Waals surface area contributed by atoms with Crippen molar-refractivity contribution in [1.29, 1.82) is 0 Å². The fourth-order valence-electron chi connectivity index (χ4n) is 3.54. The minimum absolute atomic E-state index is 0.421. The van der Waals surface area contributed by atoms with Gasteiger partial charge in [0.2, 0.25) is 0 Å². The van der Waals surface area contributed by atoms with Crippen molar-refractivity contribution in [1.82, 2.24) is 0 Å². The summed E-state index contributed by atoms with van der Waals surface area (Å²) in [5, 5.41) is 0. The van der Waals surface area contributed by atoms with Crippen molar-refractivity contribution in [2.75, 3.05) is 0 Å². The summed E-state index contributed by atoms with van der Waals surface area (Å²) in [5.74, 6) is 0.849. The van der Waals surface area contributed by atoms with Gasteiger partial charge in [0, 0.05) is 11.8 Å². The highest BCUT2D eigenvalue weighted by molar-refractivity contribution is 5.76. The predicted molar refractivity (Wildman–Crippen MR) is 100 cm³/mol. The molecule has 2 aromatic rings. The molecule has 0 aromatic heterocycles. The van der Waals surface area contributed by atoms with E-state index in [0.717, 1.165) is 6.42 Å². The molecule has 3 rings (SSSR count). The molecule has 1 aliphatic rings. The van der Waals surface area contributed by atoms with Crippen LogP contribution in [0.2, 0.25) is 0 Å². The summed E-state index contributed by atoms with van der Waals surface area (Å²) in [6.45, 7) is 8.48. The second-order valence-electron chi connectivity index (χ2n) is 6.46. The van der Waals surface area contributed by atoms with Crippen molar-refractivity contribution in [2.24, 2.45) is 5.92 Å². The first kappa shape index (κ1) is 15.6. The molecule has 0 N–H and O–H groups in total. The topological polar surface area (TPSA) is 0 Å². The summed E-state index contributed by atoms with van der Waals surface area (Å²) in [5.41, 5.74) is 6.94. The molecule has 23 heavy (non-hydrogen) atoms. The Balaban J connectivity index is 2.15. The molecule has 0 spiro atoms. The number of rotatable bonds is 3. The molecule has 2 aromatic carbocycles. The van der Waals surface area contributed by atoms with E-state index in [1.807, 2.05) is 0 Å². The molecule has 0 fully saturated rings. The van der Waals surface area contributed by atoms with Crippen LogP contribution in [0.4, 0.5) is 0 Å². The molecule has 0 bridgehead atoms. The van der Waals surface area contributed by atoms with Crippen molar-refractivity contribution < 1.29 is 0 Å². The van der Waals surface area contributed by atoms with Gasteiger partial charge in [0.05, 0.1) is 0 Å². The molecule has 0 unspecified atom stereocenters. The standard InChI is InChI=1S/C23H24/c1-4-18-15-22(19-11-7-5-8-12-19)23(16-21(18)17(2)3)20-13-9-6-10-14-20/h4-14,16,18,22H,1,15H2,2-3H3/t18-,22-/m1/s1. The molecule has 0 amide bonds. The fourth-order valence-corrected chi connectivity index (χ4v) is 3.54. The highest BCUT2D eigenvalue weighted by atomic mass is 14.3. The van der Waals surface area contributed by atoms with Gasteiger partial charge in [-0.05, 0) is 42.5 Å². The van der Waals surface area contributed by atoms with Crippen molar-refractivity contribution in [3.05, 3.63) is 102 Å². The van der Waals surface area contributed by atoms with Gasteiger partial charge in [-0.15, -0.1) is 6.58 Å². The van der Waals surface area contributed by atoms with E-state index in [4.69, 9.17) is 0 Å². The summed E-state index contributed by atoms with van der Waals surface area (Å²) in [4.78, 5) is 0. The van der Waals surface area contributed by atoms with Crippen LogP contribution in [0.1, 0.15) is 37.3 Å². The average Bonchev–Trinajstić information content (AvgIpc) is 2.62. The third-order valence-electron chi connectivity index (χ3n) is 4.75. The Kier molecular flexibility index (Phi) is 4.62. The zero-order valence-electron chi connectivity index (χ0n) is 14.0. The van der Waals surface area contributed by atoms with Gasteiger partial charge in [0.25, 0.3) is 0 Å². The maximum absolute atomic E-state index is 4.08. The van der Waals surface area contributed by atoms with Gasteiger partial charge in [0.1, 0.15) is 0 Å². The lowest BCUT2D eigenvalue weighted by Crippen LogP contribution is -2.16. The SMILES string of the molecule is C=C[C@@H]1C[C@H](c2ccccc2)C(c2ccccc2)=CC1=C(C)C. The van der Waals surface area contributed by atoms with E-state index in [1.165, 1.54) is 27.8 Å². The minimum Gasteiger partial charge on any atom is -0.102 e. The molecule has 0 saturated carbocycles. The molecule has 0 radical (unpaired) electrons. The van der Waals surface area contributed by atoms with E-state index < -0.39 is 0 Å². The number of hydrogen-bond acceptors (Lipinski definition) is 0. The van der Waals surface area contributed by atoms with Gasteiger partial charge in [0.15, 0.2) is 0 Å². The smallest absolute Gasteiger partial charge is 0.0104 e. The normalized spacial score (nSPS) is 20.8. The Morgan fingerprint density at radius 3 is 2.13 bits per heavy atom. The van der Waals surface area contributed by atoms with Crippen LogP contribution in [0.25, 0.3) is 5.57 Å². The molecular weight excluding hydrogens is 276 g/mol. The van der Waals surface area contributed by atoms with Gasteiger partial charge in [-0.25, -0.2) is 0 Å². The maximum atomic E-state index is 4.08. The minimum atomic E-state index is 0.421. The van der Waals surface area contributed by atoms with Gasteiger partial charge in [-0.1, -0.05) is 78.4 Å². The predicted octanol–water partition coefficient (Wildman–Crippen LogP) is 6.40. The number of hydrogen-bond donors (Lipinski definition) is 0. The van der Waals surface area contributed by atoms with Gasteiger partial charge in [-0.2, -0.15) is 0 Å². The molecule has 0 nitrogen and oxygen atoms in total. The lowest BCUT2D eigenvalue weighted by atomic mass is 9.72. The lowest BCUT2D eigenvalue weighted by molar-refractivity contribution is 0.620. The Morgan fingerprint density at radius 2 is 1.57 bits per heavy atom. The van der Waals surface area contributed by atoms with Crippen LogP contribution in [0.3, 0.4) is 0 Å². The number of allylic oxidation sites excluding steroid dienone is 5. The first-order valence-corrected chi connectivity index (χ1v) is 8.32. The third kappa shape index (κ3) is 3.22. The second-order valence-corrected chi connectivity index (χ2v) is 6.46. The summed E-state index contributed by atoms with van der Waals surface area (Å²) < 4.78 is 0. The zero-order chi connectivity index (χ0) is 16.2. The molecule has 116 valence electrons. The zero-order valence-corrected chi connectivity index (χ0v) is 14.0. The van der Waals surface area contributed by atoms with E-state index in [1.54, 1.807) is 0 Å². The van der Waals surface area contributed by atoms with Crippen LogP contribution < -0.4 is 0 Å². The highest BCUT2D eigenvalue weighted by Crippen LogP contribution is 2.45. The first-order valence-electron chi connectivity index (χ1n) is 8.32. The molecule has 0 saturated heterocycles. The number of benzene rings is 2. The molecule has 1 aliphatic carbocycles. The summed E-state index contributed by atoms with van der Waals surface area (Å²) in [6.07, 6.45) is 5.60. The Morgan fingerprint density at radius 1 is 0.957 bits per heavy atom. The summed E-state index contributed by atoms with van der Waals surface area (Å²) in [6, 6.07) is 21.6. The quantitative estimate of drug-likeness (QED) is 0.576. The molecule has 0 aliphatic heterocycles. The summed E-state index contributed by atoms with van der Waals surface area (Å²) >= 11 is 0. The van der Waals surface area contributed by atoms with E-state index >= 15 is 0 Å². The third-order valence-corrected chi connectivity index (χ3v) is 4.75.